The van der Waals surface area contributed by atoms with Gasteiger partial charge >= 0.3 is 6.18 Å². The van der Waals surface area contributed by atoms with E-state index >= 15 is 0 Å². The van der Waals surface area contributed by atoms with Crippen molar-refractivity contribution in [3.8, 4) is 17.1 Å². The van der Waals surface area contributed by atoms with E-state index in [4.69, 9.17) is 4.74 Å². The number of hydrogen-bond donors (Lipinski definition) is 0. The summed E-state index contributed by atoms with van der Waals surface area (Å²) in [7, 11) is -0.632. The van der Waals surface area contributed by atoms with E-state index in [0.717, 1.165) is 16.4 Å². The fraction of sp³-hybridized carbons (Fsp3) is 0.278. The van der Waals surface area contributed by atoms with Gasteiger partial charge in [0, 0.05) is 19.7 Å². The average Bonchev–Trinajstić information content (AvgIpc) is 3.17. The Hall–Kier alpha value is -2.99. The zero-order valence-corrected chi connectivity index (χ0v) is 16.9. The maximum Gasteiger partial charge on any atom is 0.416 e. The third-order valence-corrected chi connectivity index (χ3v) is 5.89. The lowest BCUT2D eigenvalue weighted by Crippen LogP contribution is -2.22. The van der Waals surface area contributed by atoms with Crippen molar-refractivity contribution >= 4 is 10.0 Å². The zero-order chi connectivity index (χ0) is 21.9. The fourth-order valence-corrected chi connectivity index (χ4v) is 3.35. The molecule has 0 fully saturated rings. The smallest absolute Gasteiger partial charge is 0.416 e. The molecule has 0 aliphatic carbocycles. The van der Waals surface area contributed by atoms with Crippen LogP contribution in [-0.2, 0) is 22.7 Å². The number of benzene rings is 2. The van der Waals surface area contributed by atoms with Crippen molar-refractivity contribution in [1.82, 2.24) is 24.5 Å². The van der Waals surface area contributed by atoms with Crippen LogP contribution in [0.4, 0.5) is 13.2 Å². The second kappa shape index (κ2) is 8.40. The number of tetrazole rings is 1. The molecule has 0 aliphatic rings. The molecule has 3 aromatic rings. The number of ether oxygens (including phenoxy) is 1. The summed E-state index contributed by atoms with van der Waals surface area (Å²) in [6.45, 7) is 0.349. The number of halogens is 3. The van der Waals surface area contributed by atoms with Crippen LogP contribution in [0.25, 0.3) is 11.4 Å². The summed E-state index contributed by atoms with van der Waals surface area (Å²) in [5.74, 6) is 0.519. The second-order valence-electron chi connectivity index (χ2n) is 6.39. The van der Waals surface area contributed by atoms with E-state index in [-0.39, 0.29) is 29.4 Å². The van der Waals surface area contributed by atoms with Crippen LogP contribution in [0.2, 0.25) is 0 Å². The molecular weight excluding hydrogens is 423 g/mol. The molecule has 0 spiro atoms. The van der Waals surface area contributed by atoms with Crippen LogP contribution in [-0.4, -0.2) is 53.6 Å². The van der Waals surface area contributed by atoms with Crippen LogP contribution < -0.4 is 4.74 Å². The first-order valence-corrected chi connectivity index (χ1v) is 10.1. The molecule has 30 heavy (non-hydrogen) atoms. The molecule has 1 heterocycles. The molecule has 0 radical (unpaired) electrons. The van der Waals surface area contributed by atoms with E-state index in [9.17, 15) is 21.6 Å². The van der Waals surface area contributed by atoms with Gasteiger partial charge in [-0.15, -0.1) is 10.2 Å². The van der Waals surface area contributed by atoms with Crippen molar-refractivity contribution in [3.63, 3.8) is 0 Å². The maximum absolute atomic E-state index is 12.8. The number of rotatable bonds is 7. The SMILES string of the molecule is CN(C)S(=O)(=O)c1ccc(OCCn2nnc(-c3cccc(C(F)(F)F)c3)n2)cc1. The molecular formula is C18H18F3N5O3S. The monoisotopic (exact) mass is 441 g/mol. The third kappa shape index (κ3) is 4.94. The number of sulfonamides is 1. The van der Waals surface area contributed by atoms with Gasteiger partial charge in [-0.3, -0.25) is 0 Å². The lowest BCUT2D eigenvalue weighted by Gasteiger charge is -2.12. The summed E-state index contributed by atoms with van der Waals surface area (Å²) in [6.07, 6.45) is -4.46. The third-order valence-electron chi connectivity index (χ3n) is 4.06. The Morgan fingerprint density at radius 1 is 1.10 bits per heavy atom. The van der Waals surface area contributed by atoms with Crippen molar-refractivity contribution in [2.24, 2.45) is 0 Å². The number of alkyl halides is 3. The number of nitrogens with zero attached hydrogens (tertiary/aromatic N) is 5. The van der Waals surface area contributed by atoms with E-state index in [2.05, 4.69) is 15.4 Å². The highest BCUT2D eigenvalue weighted by Crippen LogP contribution is 2.31. The fourth-order valence-electron chi connectivity index (χ4n) is 2.45. The van der Waals surface area contributed by atoms with E-state index in [1.54, 1.807) is 0 Å². The minimum absolute atomic E-state index is 0.0688. The van der Waals surface area contributed by atoms with Crippen LogP contribution in [0.5, 0.6) is 5.75 Å². The Kier molecular flexibility index (Phi) is 6.08. The molecule has 8 nitrogen and oxygen atoms in total. The highest BCUT2D eigenvalue weighted by Gasteiger charge is 2.30. The van der Waals surface area contributed by atoms with Crippen LogP contribution >= 0.6 is 0 Å². The van der Waals surface area contributed by atoms with Gasteiger partial charge < -0.3 is 4.74 Å². The second-order valence-corrected chi connectivity index (χ2v) is 8.55. The molecule has 3 rings (SSSR count). The molecule has 0 saturated carbocycles. The average molecular weight is 441 g/mol. The van der Waals surface area contributed by atoms with Gasteiger partial charge in [0.2, 0.25) is 15.8 Å². The molecule has 0 atom stereocenters. The molecule has 0 N–H and O–H groups in total. The highest BCUT2D eigenvalue weighted by atomic mass is 32.2. The van der Waals surface area contributed by atoms with E-state index < -0.39 is 21.8 Å². The summed E-state index contributed by atoms with van der Waals surface area (Å²) in [6, 6.07) is 10.6. The van der Waals surface area contributed by atoms with Gasteiger partial charge in [0.15, 0.2) is 0 Å². The van der Waals surface area contributed by atoms with Crippen molar-refractivity contribution in [1.29, 1.82) is 0 Å². The lowest BCUT2D eigenvalue weighted by molar-refractivity contribution is -0.137. The maximum atomic E-state index is 12.8. The first-order chi connectivity index (χ1) is 14.1. The normalized spacial score (nSPS) is 12.3. The summed E-state index contributed by atoms with van der Waals surface area (Å²) in [5.41, 5.74) is -0.589. The highest BCUT2D eigenvalue weighted by molar-refractivity contribution is 7.89. The van der Waals surface area contributed by atoms with Gasteiger partial charge in [-0.1, -0.05) is 12.1 Å². The zero-order valence-electron chi connectivity index (χ0n) is 16.0. The molecule has 2 aromatic carbocycles. The molecule has 1 aromatic heterocycles. The van der Waals surface area contributed by atoms with Crippen LogP contribution in [0.3, 0.4) is 0 Å². The van der Waals surface area contributed by atoms with E-state index in [0.29, 0.717) is 5.75 Å². The molecule has 0 unspecified atom stereocenters. The van der Waals surface area contributed by atoms with Crippen molar-refractivity contribution in [2.45, 2.75) is 17.6 Å². The standard InChI is InChI=1S/C18H18F3N5O3S/c1-25(2)30(27,28)16-8-6-15(7-9-16)29-11-10-26-23-17(22-24-26)13-4-3-5-14(12-13)18(19,20)21/h3-9,12H,10-11H2,1-2H3. The quantitative estimate of drug-likeness (QED) is 0.560. The molecule has 12 heteroatoms. The summed E-state index contributed by atoms with van der Waals surface area (Å²) < 4.78 is 69.2. The Morgan fingerprint density at radius 3 is 2.43 bits per heavy atom. The van der Waals surface area contributed by atoms with Crippen LogP contribution in [0, 0.1) is 0 Å². The van der Waals surface area contributed by atoms with Gasteiger partial charge in [0.1, 0.15) is 12.4 Å². The van der Waals surface area contributed by atoms with Crippen LogP contribution in [0.1, 0.15) is 5.56 Å². The Labute approximate surface area is 170 Å². The minimum Gasteiger partial charge on any atom is -0.492 e. The number of aromatic nitrogens is 4. The van der Waals surface area contributed by atoms with Crippen molar-refractivity contribution < 1.29 is 26.3 Å². The Morgan fingerprint density at radius 2 is 1.80 bits per heavy atom. The van der Waals surface area contributed by atoms with Gasteiger partial charge in [-0.05, 0) is 41.6 Å². The first-order valence-electron chi connectivity index (χ1n) is 8.68. The van der Waals surface area contributed by atoms with Crippen LogP contribution in [0.15, 0.2) is 53.4 Å². The number of hydrogen-bond acceptors (Lipinski definition) is 6. The van der Waals surface area contributed by atoms with E-state index in [1.165, 1.54) is 55.3 Å². The molecule has 0 bridgehead atoms. The molecule has 160 valence electrons. The topological polar surface area (TPSA) is 90.2 Å². The van der Waals surface area contributed by atoms with Crippen molar-refractivity contribution in [3.05, 3.63) is 54.1 Å². The Balaban J connectivity index is 1.60. The van der Waals surface area contributed by atoms with Gasteiger partial charge in [-0.25, -0.2) is 12.7 Å². The predicted octanol–water partition coefficient (Wildman–Crippen LogP) is 2.69. The summed E-state index contributed by atoms with van der Waals surface area (Å²) >= 11 is 0. The summed E-state index contributed by atoms with van der Waals surface area (Å²) in [5, 5.41) is 11.7. The van der Waals surface area contributed by atoms with Gasteiger partial charge in [0.25, 0.3) is 0 Å². The molecule has 0 saturated heterocycles. The Bertz CT molecular complexity index is 1110. The lowest BCUT2D eigenvalue weighted by atomic mass is 10.1. The van der Waals surface area contributed by atoms with Gasteiger partial charge in [-0.2, -0.15) is 18.0 Å². The minimum atomic E-state index is -4.46. The van der Waals surface area contributed by atoms with E-state index in [1.807, 2.05) is 0 Å². The predicted molar refractivity (Wildman–Crippen MR) is 101 cm³/mol. The van der Waals surface area contributed by atoms with Gasteiger partial charge in [0.05, 0.1) is 17.0 Å². The van der Waals surface area contributed by atoms with Crippen molar-refractivity contribution in [2.75, 3.05) is 20.7 Å². The largest absolute Gasteiger partial charge is 0.492 e. The molecule has 0 aliphatic heterocycles. The first kappa shape index (κ1) is 21.7. The summed E-state index contributed by atoms with van der Waals surface area (Å²) in [4.78, 5) is 1.35. The molecule has 0 amide bonds.